The molecule has 2 aliphatic rings. The number of nitrogens with one attached hydrogen (secondary N) is 1. The third-order valence-corrected chi connectivity index (χ3v) is 8.33. The number of terminal acetylenes is 1. The first-order valence-electron chi connectivity index (χ1n) is 9.71. The smallest absolute Gasteiger partial charge is 0.260 e. The number of amides is 1. The van der Waals surface area contributed by atoms with Gasteiger partial charge >= 0.3 is 0 Å². The van der Waals surface area contributed by atoms with E-state index < -0.39 is 4.75 Å². The Morgan fingerprint density at radius 3 is 2.41 bits per heavy atom. The number of hydrogen-bond acceptors (Lipinski definition) is 5. The van der Waals surface area contributed by atoms with Crippen LogP contribution < -0.4 is 5.48 Å². The molecule has 6 heteroatoms. The Hall–Kier alpha value is -1.13. The highest BCUT2D eigenvalue weighted by Crippen LogP contribution is 2.42. The van der Waals surface area contributed by atoms with Crippen LogP contribution in [0, 0.1) is 12.3 Å². The number of benzene rings is 1. The second kappa shape index (κ2) is 9.88. The summed E-state index contributed by atoms with van der Waals surface area (Å²) >= 11 is 3.54. The van der Waals surface area contributed by atoms with Crippen molar-refractivity contribution in [3.05, 3.63) is 24.3 Å². The molecule has 3 rings (SSSR count). The second-order valence-corrected chi connectivity index (χ2v) is 10.2. The van der Waals surface area contributed by atoms with Gasteiger partial charge in [0.1, 0.15) is 4.75 Å². The highest BCUT2D eigenvalue weighted by atomic mass is 32.2. The first kappa shape index (κ1) is 20.6. The first-order valence-corrected chi connectivity index (χ1v) is 11.4. The number of thioether (sulfide) groups is 2. The summed E-state index contributed by atoms with van der Waals surface area (Å²) in [5, 5.41) is 10.0. The van der Waals surface area contributed by atoms with E-state index in [1.54, 1.807) is 11.8 Å². The molecule has 0 radical (unpaired) electrons. The summed E-state index contributed by atoms with van der Waals surface area (Å²) < 4.78 is -0.641. The SMILES string of the molecule is C#CCN1CCC(Sc2ccc(SC3CCCCC3)cc2)(C(=O)NO)CC1. The fourth-order valence-corrected chi connectivity index (χ4v) is 6.36. The first-order chi connectivity index (χ1) is 13.1. The van der Waals surface area contributed by atoms with Gasteiger partial charge in [-0.2, -0.15) is 0 Å². The molecule has 1 heterocycles. The zero-order valence-electron chi connectivity index (χ0n) is 15.7. The van der Waals surface area contributed by atoms with Crippen molar-refractivity contribution in [1.29, 1.82) is 0 Å². The van der Waals surface area contributed by atoms with Gasteiger partial charge in [-0.3, -0.25) is 14.9 Å². The lowest BCUT2D eigenvalue weighted by molar-refractivity contribution is -0.132. The number of carbonyl (C=O) groups excluding carboxylic acids is 1. The van der Waals surface area contributed by atoms with E-state index in [-0.39, 0.29) is 5.91 Å². The topological polar surface area (TPSA) is 52.6 Å². The van der Waals surface area contributed by atoms with Crippen molar-refractivity contribution in [1.82, 2.24) is 10.4 Å². The Morgan fingerprint density at radius 2 is 1.81 bits per heavy atom. The molecule has 0 unspecified atom stereocenters. The molecular weight excluding hydrogens is 376 g/mol. The Labute approximate surface area is 170 Å². The molecule has 1 saturated carbocycles. The summed E-state index contributed by atoms with van der Waals surface area (Å²) in [4.78, 5) is 17.0. The molecular formula is C21H28N2O2S2. The summed E-state index contributed by atoms with van der Waals surface area (Å²) in [6.45, 7) is 2.13. The molecule has 1 amide bonds. The molecule has 1 aromatic carbocycles. The minimum atomic E-state index is -0.641. The highest BCUT2D eigenvalue weighted by Gasteiger charge is 2.42. The molecule has 0 aromatic heterocycles. The number of hydroxylamine groups is 1. The van der Waals surface area contributed by atoms with Crippen LogP contribution in [0.5, 0.6) is 0 Å². The molecule has 0 spiro atoms. The molecule has 0 bridgehead atoms. The minimum Gasteiger partial charge on any atom is -0.292 e. The monoisotopic (exact) mass is 404 g/mol. The van der Waals surface area contributed by atoms with Gasteiger partial charge in [0.25, 0.3) is 5.91 Å². The largest absolute Gasteiger partial charge is 0.292 e. The van der Waals surface area contributed by atoms with Crippen molar-refractivity contribution in [2.75, 3.05) is 19.6 Å². The molecule has 2 N–H and O–H groups in total. The van der Waals surface area contributed by atoms with Crippen LogP contribution >= 0.6 is 23.5 Å². The van der Waals surface area contributed by atoms with E-state index in [1.807, 2.05) is 17.2 Å². The zero-order valence-corrected chi connectivity index (χ0v) is 17.3. The number of nitrogens with zero attached hydrogens (tertiary/aromatic N) is 1. The van der Waals surface area contributed by atoms with Crippen LogP contribution in [0.1, 0.15) is 44.9 Å². The Morgan fingerprint density at radius 1 is 1.19 bits per heavy atom. The van der Waals surface area contributed by atoms with E-state index in [0.29, 0.717) is 19.4 Å². The van der Waals surface area contributed by atoms with Gasteiger partial charge in [-0.05, 0) is 49.9 Å². The van der Waals surface area contributed by atoms with Gasteiger partial charge in [0.05, 0.1) is 6.54 Å². The van der Waals surface area contributed by atoms with Gasteiger partial charge in [-0.25, -0.2) is 5.48 Å². The maximum Gasteiger partial charge on any atom is 0.260 e. The fraction of sp³-hybridized carbons (Fsp3) is 0.571. The zero-order chi connectivity index (χ0) is 19.1. The average Bonchev–Trinajstić information content (AvgIpc) is 2.71. The van der Waals surface area contributed by atoms with Crippen molar-refractivity contribution in [2.45, 2.75) is 64.7 Å². The molecule has 1 aromatic rings. The number of likely N-dealkylation sites (tertiary alicyclic amines) is 1. The predicted molar refractivity (Wildman–Crippen MR) is 112 cm³/mol. The Balaban J connectivity index is 1.63. The van der Waals surface area contributed by atoms with Crippen LogP contribution in [-0.4, -0.2) is 45.6 Å². The summed E-state index contributed by atoms with van der Waals surface area (Å²) in [6.07, 6.45) is 13.4. The highest BCUT2D eigenvalue weighted by molar-refractivity contribution is 8.01. The van der Waals surface area contributed by atoms with E-state index in [4.69, 9.17) is 6.42 Å². The maximum absolute atomic E-state index is 12.4. The third kappa shape index (κ3) is 5.45. The maximum atomic E-state index is 12.4. The standard InChI is InChI=1S/C21H28N2O2S2/c1-2-14-23-15-12-21(13-16-23,20(24)22-25)27-19-10-8-18(9-11-19)26-17-6-4-3-5-7-17/h1,8-11,17,25H,3-7,12-16H2,(H,22,24). The summed E-state index contributed by atoms with van der Waals surface area (Å²) in [6, 6.07) is 8.55. The molecule has 146 valence electrons. The van der Waals surface area contributed by atoms with Crippen LogP contribution in [0.3, 0.4) is 0 Å². The van der Waals surface area contributed by atoms with Crippen LogP contribution in [0.15, 0.2) is 34.1 Å². The van der Waals surface area contributed by atoms with Gasteiger partial charge in [-0.15, -0.1) is 29.9 Å². The van der Waals surface area contributed by atoms with Crippen molar-refractivity contribution >= 4 is 29.4 Å². The van der Waals surface area contributed by atoms with Gasteiger partial charge in [0.15, 0.2) is 0 Å². The van der Waals surface area contributed by atoms with Crippen molar-refractivity contribution in [2.24, 2.45) is 0 Å². The number of piperidine rings is 1. The number of carbonyl (C=O) groups is 1. The lowest BCUT2D eigenvalue weighted by Gasteiger charge is -2.39. The normalized spacial score (nSPS) is 20.7. The molecule has 27 heavy (non-hydrogen) atoms. The van der Waals surface area contributed by atoms with Crippen LogP contribution in [0.25, 0.3) is 0 Å². The lowest BCUT2D eigenvalue weighted by Crippen LogP contribution is -2.51. The van der Waals surface area contributed by atoms with Gasteiger partial charge in [0, 0.05) is 28.1 Å². The summed E-state index contributed by atoms with van der Waals surface area (Å²) in [5.74, 6) is 2.35. The van der Waals surface area contributed by atoms with E-state index in [0.717, 1.165) is 23.2 Å². The molecule has 1 aliphatic heterocycles. The Bertz CT molecular complexity index is 658. The quantitative estimate of drug-likeness (QED) is 0.423. The number of hydrogen-bond donors (Lipinski definition) is 2. The van der Waals surface area contributed by atoms with Gasteiger partial charge in [-0.1, -0.05) is 25.2 Å². The summed E-state index contributed by atoms with van der Waals surface area (Å²) in [7, 11) is 0. The van der Waals surface area contributed by atoms with Gasteiger partial charge < -0.3 is 0 Å². The van der Waals surface area contributed by atoms with Crippen LogP contribution in [-0.2, 0) is 4.79 Å². The van der Waals surface area contributed by atoms with Gasteiger partial charge in [0.2, 0.25) is 0 Å². The van der Waals surface area contributed by atoms with Crippen molar-refractivity contribution in [3.63, 3.8) is 0 Å². The van der Waals surface area contributed by atoms with E-state index in [9.17, 15) is 10.0 Å². The van der Waals surface area contributed by atoms with Crippen LogP contribution in [0.4, 0.5) is 0 Å². The third-order valence-electron chi connectivity index (χ3n) is 5.49. The lowest BCUT2D eigenvalue weighted by atomic mass is 9.95. The predicted octanol–water partition coefficient (Wildman–Crippen LogP) is 4.18. The van der Waals surface area contributed by atoms with Crippen molar-refractivity contribution in [3.8, 4) is 12.3 Å². The van der Waals surface area contributed by atoms with Crippen LogP contribution in [0.2, 0.25) is 0 Å². The number of rotatable bonds is 6. The van der Waals surface area contributed by atoms with E-state index in [2.05, 4.69) is 35.1 Å². The average molecular weight is 405 g/mol. The molecule has 1 saturated heterocycles. The molecule has 1 aliphatic carbocycles. The minimum absolute atomic E-state index is 0.312. The molecule has 2 fully saturated rings. The molecule has 0 atom stereocenters. The summed E-state index contributed by atoms with van der Waals surface area (Å²) in [5.41, 5.74) is 1.89. The Kier molecular flexibility index (Phi) is 7.54. The fourth-order valence-electron chi connectivity index (χ4n) is 3.87. The second-order valence-electron chi connectivity index (χ2n) is 7.37. The van der Waals surface area contributed by atoms with E-state index in [1.165, 1.54) is 37.0 Å². The molecule has 4 nitrogen and oxygen atoms in total. The van der Waals surface area contributed by atoms with E-state index >= 15 is 0 Å². The van der Waals surface area contributed by atoms with Crippen molar-refractivity contribution < 1.29 is 10.0 Å².